The maximum atomic E-state index is 11.7. The Morgan fingerprint density at radius 1 is 0.938 bits per heavy atom. The standard InChI is InChI=1S/C15H20O/c1-10(2)12(5)13-6-8-14(9-7-13)15(16)11(3)4/h6-11H,5H2,1-4H3. The van der Waals surface area contributed by atoms with Gasteiger partial charge < -0.3 is 0 Å². The number of carbonyl (C=O) groups excluding carboxylic acids is 1. The van der Waals surface area contributed by atoms with E-state index in [-0.39, 0.29) is 11.7 Å². The normalized spacial score (nSPS) is 10.9. The first-order valence-corrected chi connectivity index (χ1v) is 5.77. The van der Waals surface area contributed by atoms with Crippen molar-refractivity contribution in [3.8, 4) is 0 Å². The first kappa shape index (κ1) is 12.7. The van der Waals surface area contributed by atoms with Crippen LogP contribution in [0, 0.1) is 11.8 Å². The number of allylic oxidation sites excluding steroid dienone is 1. The summed E-state index contributed by atoms with van der Waals surface area (Å²) in [6.45, 7) is 12.1. The van der Waals surface area contributed by atoms with Gasteiger partial charge in [-0.1, -0.05) is 58.5 Å². The number of hydrogen-bond acceptors (Lipinski definition) is 1. The van der Waals surface area contributed by atoms with E-state index in [1.54, 1.807) is 0 Å². The van der Waals surface area contributed by atoms with Gasteiger partial charge in [-0.25, -0.2) is 0 Å². The van der Waals surface area contributed by atoms with E-state index in [4.69, 9.17) is 0 Å². The van der Waals surface area contributed by atoms with Crippen LogP contribution in [0.15, 0.2) is 30.8 Å². The molecule has 0 N–H and O–H groups in total. The highest BCUT2D eigenvalue weighted by atomic mass is 16.1. The lowest BCUT2D eigenvalue weighted by molar-refractivity contribution is 0.0939. The highest BCUT2D eigenvalue weighted by Crippen LogP contribution is 2.21. The molecule has 1 rings (SSSR count). The molecule has 1 nitrogen and oxygen atoms in total. The van der Waals surface area contributed by atoms with Gasteiger partial charge in [0, 0.05) is 11.5 Å². The molecule has 0 heterocycles. The van der Waals surface area contributed by atoms with Gasteiger partial charge in [0.2, 0.25) is 0 Å². The minimum atomic E-state index is 0.0548. The van der Waals surface area contributed by atoms with E-state index in [1.165, 1.54) is 0 Å². The van der Waals surface area contributed by atoms with Crippen molar-refractivity contribution in [2.45, 2.75) is 27.7 Å². The zero-order valence-corrected chi connectivity index (χ0v) is 10.6. The van der Waals surface area contributed by atoms with Crippen LogP contribution in [0.2, 0.25) is 0 Å². The molecule has 1 aromatic rings. The Morgan fingerprint density at radius 3 is 1.75 bits per heavy atom. The largest absolute Gasteiger partial charge is 0.294 e. The second-order valence-electron chi connectivity index (χ2n) is 4.78. The van der Waals surface area contributed by atoms with Crippen molar-refractivity contribution in [3.05, 3.63) is 42.0 Å². The topological polar surface area (TPSA) is 17.1 Å². The number of hydrogen-bond donors (Lipinski definition) is 0. The Kier molecular flexibility index (Phi) is 4.05. The predicted octanol–water partition coefficient (Wildman–Crippen LogP) is 4.19. The summed E-state index contributed by atoms with van der Waals surface area (Å²) in [5.41, 5.74) is 3.02. The third-order valence-electron chi connectivity index (χ3n) is 2.76. The fourth-order valence-corrected chi connectivity index (χ4v) is 1.52. The van der Waals surface area contributed by atoms with Crippen molar-refractivity contribution in [2.24, 2.45) is 11.8 Å². The van der Waals surface area contributed by atoms with E-state index in [1.807, 2.05) is 38.1 Å². The van der Waals surface area contributed by atoms with E-state index in [0.29, 0.717) is 5.92 Å². The minimum absolute atomic E-state index is 0.0548. The van der Waals surface area contributed by atoms with Gasteiger partial charge in [-0.2, -0.15) is 0 Å². The van der Waals surface area contributed by atoms with Crippen molar-refractivity contribution in [2.75, 3.05) is 0 Å². The van der Waals surface area contributed by atoms with Gasteiger partial charge in [0.15, 0.2) is 5.78 Å². The first-order valence-electron chi connectivity index (χ1n) is 5.77. The first-order chi connectivity index (χ1) is 7.43. The summed E-state index contributed by atoms with van der Waals surface area (Å²) < 4.78 is 0. The molecule has 0 saturated carbocycles. The number of rotatable bonds is 4. The zero-order chi connectivity index (χ0) is 12.3. The van der Waals surface area contributed by atoms with Crippen LogP contribution in [0.1, 0.15) is 43.6 Å². The van der Waals surface area contributed by atoms with E-state index in [2.05, 4.69) is 20.4 Å². The molecule has 0 amide bonds. The molecular weight excluding hydrogens is 196 g/mol. The average molecular weight is 216 g/mol. The Hall–Kier alpha value is -1.37. The monoisotopic (exact) mass is 216 g/mol. The van der Waals surface area contributed by atoms with Crippen LogP contribution in [0.25, 0.3) is 5.57 Å². The van der Waals surface area contributed by atoms with Crippen LogP contribution in [0.4, 0.5) is 0 Å². The molecule has 0 aliphatic carbocycles. The second kappa shape index (κ2) is 5.11. The number of benzene rings is 1. The SMILES string of the molecule is C=C(c1ccc(C(=O)C(C)C)cc1)C(C)C. The molecule has 1 aromatic carbocycles. The average Bonchev–Trinajstić information content (AvgIpc) is 2.27. The van der Waals surface area contributed by atoms with E-state index in [0.717, 1.165) is 16.7 Å². The number of Topliss-reactive ketones (excluding diaryl/α,β-unsaturated/α-hetero) is 1. The van der Waals surface area contributed by atoms with Gasteiger partial charge in [0.25, 0.3) is 0 Å². The molecule has 0 radical (unpaired) electrons. The third kappa shape index (κ3) is 2.82. The summed E-state index contributed by atoms with van der Waals surface area (Å²) >= 11 is 0. The summed E-state index contributed by atoms with van der Waals surface area (Å²) in [4.78, 5) is 11.7. The molecule has 0 aliphatic rings. The lowest BCUT2D eigenvalue weighted by atomic mass is 9.94. The molecule has 1 heteroatoms. The van der Waals surface area contributed by atoms with E-state index in [9.17, 15) is 4.79 Å². The minimum Gasteiger partial charge on any atom is -0.294 e. The van der Waals surface area contributed by atoms with Crippen LogP contribution in [-0.2, 0) is 0 Å². The van der Waals surface area contributed by atoms with Gasteiger partial charge in [0.05, 0.1) is 0 Å². The molecule has 0 atom stereocenters. The molecule has 0 fully saturated rings. The number of carbonyl (C=O) groups is 1. The fourth-order valence-electron chi connectivity index (χ4n) is 1.52. The summed E-state index contributed by atoms with van der Waals surface area (Å²) in [5.74, 6) is 0.688. The summed E-state index contributed by atoms with van der Waals surface area (Å²) in [5, 5.41) is 0. The van der Waals surface area contributed by atoms with Crippen LogP contribution >= 0.6 is 0 Å². The Balaban J connectivity index is 2.92. The lowest BCUT2D eigenvalue weighted by Crippen LogP contribution is -2.07. The highest BCUT2D eigenvalue weighted by molar-refractivity contribution is 5.97. The van der Waals surface area contributed by atoms with Crippen LogP contribution in [0.3, 0.4) is 0 Å². The quantitative estimate of drug-likeness (QED) is 0.689. The number of ketones is 1. The Labute approximate surface area is 98.2 Å². The van der Waals surface area contributed by atoms with Gasteiger partial charge >= 0.3 is 0 Å². The third-order valence-corrected chi connectivity index (χ3v) is 2.76. The Morgan fingerprint density at radius 2 is 1.38 bits per heavy atom. The molecule has 0 bridgehead atoms. The fraction of sp³-hybridized carbons (Fsp3) is 0.400. The highest BCUT2D eigenvalue weighted by Gasteiger charge is 2.10. The summed E-state index contributed by atoms with van der Waals surface area (Å²) in [7, 11) is 0. The maximum absolute atomic E-state index is 11.7. The summed E-state index contributed by atoms with van der Waals surface area (Å²) in [6, 6.07) is 7.76. The summed E-state index contributed by atoms with van der Waals surface area (Å²) in [6.07, 6.45) is 0. The van der Waals surface area contributed by atoms with Gasteiger partial charge in [-0.05, 0) is 17.1 Å². The van der Waals surface area contributed by atoms with Crippen molar-refractivity contribution < 1.29 is 4.79 Å². The van der Waals surface area contributed by atoms with Crippen LogP contribution in [-0.4, -0.2) is 5.78 Å². The molecule has 0 aliphatic heterocycles. The van der Waals surface area contributed by atoms with Crippen LogP contribution in [0.5, 0.6) is 0 Å². The zero-order valence-electron chi connectivity index (χ0n) is 10.6. The van der Waals surface area contributed by atoms with Crippen molar-refractivity contribution in [1.29, 1.82) is 0 Å². The van der Waals surface area contributed by atoms with Gasteiger partial charge in [-0.3, -0.25) is 4.79 Å². The van der Waals surface area contributed by atoms with Gasteiger partial charge in [-0.15, -0.1) is 0 Å². The van der Waals surface area contributed by atoms with Crippen molar-refractivity contribution in [1.82, 2.24) is 0 Å². The van der Waals surface area contributed by atoms with Crippen LogP contribution < -0.4 is 0 Å². The molecule has 16 heavy (non-hydrogen) atoms. The van der Waals surface area contributed by atoms with Crippen molar-refractivity contribution >= 4 is 11.4 Å². The smallest absolute Gasteiger partial charge is 0.165 e. The van der Waals surface area contributed by atoms with Crippen molar-refractivity contribution in [3.63, 3.8) is 0 Å². The molecule has 0 saturated heterocycles. The molecule has 0 aromatic heterocycles. The van der Waals surface area contributed by atoms with Gasteiger partial charge in [0.1, 0.15) is 0 Å². The Bertz CT molecular complexity index is 343. The molecule has 0 spiro atoms. The van der Waals surface area contributed by atoms with E-state index >= 15 is 0 Å². The molecular formula is C15H20O. The molecule has 0 unspecified atom stereocenters. The maximum Gasteiger partial charge on any atom is 0.165 e. The second-order valence-corrected chi connectivity index (χ2v) is 4.78. The lowest BCUT2D eigenvalue weighted by Gasteiger charge is -2.10. The van der Waals surface area contributed by atoms with E-state index < -0.39 is 0 Å². The molecule has 86 valence electrons. The predicted molar refractivity (Wildman–Crippen MR) is 69.5 cm³/mol.